The molecule has 0 radical (unpaired) electrons. The highest BCUT2D eigenvalue weighted by atomic mass is 31.0. The van der Waals surface area contributed by atoms with E-state index in [1.54, 1.807) is 0 Å². The van der Waals surface area contributed by atoms with Gasteiger partial charge in [-0.2, -0.15) is 0 Å². The summed E-state index contributed by atoms with van der Waals surface area (Å²) in [5.41, 5.74) is 0. The maximum Gasteiger partial charge on any atom is 0.0603 e. The number of hydrogen-bond donors (Lipinski definition) is 3. The summed E-state index contributed by atoms with van der Waals surface area (Å²) in [6.45, 7) is 7.71. The van der Waals surface area contributed by atoms with Gasteiger partial charge in [-0.05, 0) is 32.4 Å². The molecule has 0 aromatic heterocycles. The molecule has 0 aliphatic rings. The highest BCUT2D eigenvalue weighted by molar-refractivity contribution is 7.13. The van der Waals surface area contributed by atoms with E-state index in [1.807, 2.05) is 0 Å². The van der Waals surface area contributed by atoms with Crippen molar-refractivity contribution in [3.63, 3.8) is 0 Å². The van der Waals surface area contributed by atoms with Crippen molar-refractivity contribution in [1.29, 1.82) is 0 Å². The first-order valence-corrected chi connectivity index (χ1v) is 7.17. The minimum absolute atomic E-state index is 0.410. The van der Waals surface area contributed by atoms with E-state index >= 15 is 0 Å². The van der Waals surface area contributed by atoms with E-state index in [0.29, 0.717) is 12.2 Å². The summed E-state index contributed by atoms with van der Waals surface area (Å²) in [7, 11) is 4.70. The average Bonchev–Trinajstić information content (AvgIpc) is 2.32. The molecule has 0 spiro atoms. The molecule has 0 heterocycles. The second-order valence-corrected chi connectivity index (χ2v) is 4.70. The molecule has 3 nitrogen and oxygen atoms in total. The fraction of sp³-hybridized carbons (Fsp3) is 1.00. The van der Waals surface area contributed by atoms with Gasteiger partial charge in [0.2, 0.25) is 0 Å². The normalized spacial score (nSPS) is 17.1. The Hall–Kier alpha value is 0.310. The number of rotatable bonds is 10. The third kappa shape index (κ3) is 6.15. The van der Waals surface area contributed by atoms with Gasteiger partial charge in [0.1, 0.15) is 0 Å². The van der Waals surface area contributed by atoms with Crippen LogP contribution < -0.4 is 15.7 Å². The molecule has 0 saturated heterocycles. The Balaban J connectivity index is 4.22. The maximum absolute atomic E-state index is 3.46. The van der Waals surface area contributed by atoms with E-state index in [4.69, 9.17) is 0 Å². The molecule has 0 saturated carbocycles. The van der Waals surface area contributed by atoms with Gasteiger partial charge in [0.25, 0.3) is 0 Å². The first-order chi connectivity index (χ1) is 7.73. The SMILES string of the molecule is CCCC(NC)C(CC)CC(NP)NCC. The van der Waals surface area contributed by atoms with Gasteiger partial charge in [-0.15, -0.1) is 0 Å². The first-order valence-electron chi connectivity index (χ1n) is 6.60. The summed E-state index contributed by atoms with van der Waals surface area (Å²) in [5, 5.41) is 10.2. The van der Waals surface area contributed by atoms with Crippen molar-refractivity contribution in [3.05, 3.63) is 0 Å². The quantitative estimate of drug-likeness (QED) is 0.409. The minimum Gasteiger partial charge on any atom is -0.317 e. The molecule has 0 aliphatic carbocycles. The largest absolute Gasteiger partial charge is 0.317 e. The van der Waals surface area contributed by atoms with Crippen molar-refractivity contribution in [2.24, 2.45) is 5.92 Å². The highest BCUT2D eigenvalue weighted by Crippen LogP contribution is 2.19. The van der Waals surface area contributed by atoms with Crippen LogP contribution in [0.4, 0.5) is 0 Å². The van der Waals surface area contributed by atoms with E-state index < -0.39 is 0 Å². The van der Waals surface area contributed by atoms with Crippen molar-refractivity contribution in [1.82, 2.24) is 15.7 Å². The lowest BCUT2D eigenvalue weighted by Gasteiger charge is -2.29. The van der Waals surface area contributed by atoms with Crippen LogP contribution in [0, 0.1) is 5.92 Å². The van der Waals surface area contributed by atoms with Gasteiger partial charge in [0, 0.05) is 6.04 Å². The van der Waals surface area contributed by atoms with Crippen molar-refractivity contribution >= 4 is 9.39 Å². The lowest BCUT2D eigenvalue weighted by atomic mass is 9.89. The lowest BCUT2D eigenvalue weighted by Crippen LogP contribution is -2.43. The zero-order valence-electron chi connectivity index (χ0n) is 11.3. The second-order valence-electron chi connectivity index (χ2n) is 4.36. The summed E-state index contributed by atoms with van der Waals surface area (Å²) in [6.07, 6.45) is 5.35. The molecule has 16 heavy (non-hydrogen) atoms. The molecule has 0 aromatic carbocycles. The fourth-order valence-electron chi connectivity index (χ4n) is 2.30. The molecular formula is C12H30N3P. The van der Waals surface area contributed by atoms with Crippen LogP contribution >= 0.6 is 9.39 Å². The molecular weight excluding hydrogens is 217 g/mol. The lowest BCUT2D eigenvalue weighted by molar-refractivity contribution is 0.282. The van der Waals surface area contributed by atoms with Gasteiger partial charge in [0.15, 0.2) is 0 Å². The molecule has 4 heteroatoms. The topological polar surface area (TPSA) is 36.1 Å². The Labute approximate surface area is 104 Å². The second kappa shape index (κ2) is 10.5. The Morgan fingerprint density at radius 3 is 2.25 bits per heavy atom. The van der Waals surface area contributed by atoms with Crippen LogP contribution in [0.2, 0.25) is 0 Å². The molecule has 0 rings (SSSR count). The third-order valence-electron chi connectivity index (χ3n) is 3.25. The zero-order chi connectivity index (χ0) is 12.4. The van der Waals surface area contributed by atoms with Crippen LogP contribution in [0.1, 0.15) is 46.5 Å². The van der Waals surface area contributed by atoms with Crippen LogP contribution in [-0.2, 0) is 0 Å². The highest BCUT2D eigenvalue weighted by Gasteiger charge is 2.20. The summed E-state index contributed by atoms with van der Waals surface area (Å²) in [4.78, 5) is 0. The van der Waals surface area contributed by atoms with E-state index in [0.717, 1.165) is 12.5 Å². The number of hydrogen-bond acceptors (Lipinski definition) is 3. The van der Waals surface area contributed by atoms with Crippen molar-refractivity contribution < 1.29 is 0 Å². The van der Waals surface area contributed by atoms with Gasteiger partial charge in [-0.3, -0.25) is 5.09 Å². The first kappa shape index (κ1) is 16.3. The Bertz CT molecular complexity index is 155. The number of nitrogens with one attached hydrogen (secondary N) is 3. The van der Waals surface area contributed by atoms with Gasteiger partial charge >= 0.3 is 0 Å². The third-order valence-corrected chi connectivity index (χ3v) is 3.66. The van der Waals surface area contributed by atoms with Gasteiger partial charge < -0.3 is 10.6 Å². The van der Waals surface area contributed by atoms with Crippen LogP contribution in [0.5, 0.6) is 0 Å². The van der Waals surface area contributed by atoms with Gasteiger partial charge in [-0.1, -0.05) is 43.0 Å². The van der Waals surface area contributed by atoms with Crippen molar-refractivity contribution in [2.45, 2.75) is 58.7 Å². The van der Waals surface area contributed by atoms with Crippen LogP contribution in [0.15, 0.2) is 0 Å². The standard InChI is InChI=1S/C12H30N3P/c1-5-8-11(13-4)10(6-2)9-12(15-16)14-7-3/h10-15H,5-9,16H2,1-4H3. The molecule has 0 aromatic rings. The van der Waals surface area contributed by atoms with E-state index in [1.165, 1.54) is 25.7 Å². The molecule has 0 bridgehead atoms. The fourth-order valence-corrected chi connectivity index (χ4v) is 2.56. The van der Waals surface area contributed by atoms with Gasteiger partial charge in [0.05, 0.1) is 6.17 Å². The predicted octanol–water partition coefficient (Wildman–Crippen LogP) is 2.11. The molecule has 98 valence electrons. The molecule has 4 unspecified atom stereocenters. The van der Waals surface area contributed by atoms with Gasteiger partial charge in [-0.25, -0.2) is 0 Å². The van der Waals surface area contributed by atoms with Crippen molar-refractivity contribution in [2.75, 3.05) is 13.6 Å². The molecule has 4 atom stereocenters. The minimum atomic E-state index is 0.410. The molecule has 0 aliphatic heterocycles. The molecule has 0 amide bonds. The average molecular weight is 247 g/mol. The van der Waals surface area contributed by atoms with E-state index in [9.17, 15) is 0 Å². The summed E-state index contributed by atoms with van der Waals surface area (Å²) in [6, 6.07) is 0.648. The molecule has 3 N–H and O–H groups in total. The van der Waals surface area contributed by atoms with Crippen LogP contribution in [0.25, 0.3) is 0 Å². The maximum atomic E-state index is 3.46. The summed E-state index contributed by atoms with van der Waals surface area (Å²) < 4.78 is 0. The Kier molecular flexibility index (Phi) is 10.7. The van der Waals surface area contributed by atoms with Crippen LogP contribution in [0.3, 0.4) is 0 Å². The smallest absolute Gasteiger partial charge is 0.0603 e. The van der Waals surface area contributed by atoms with Crippen LogP contribution in [-0.4, -0.2) is 25.8 Å². The molecule has 0 fully saturated rings. The zero-order valence-corrected chi connectivity index (χ0v) is 12.5. The van der Waals surface area contributed by atoms with Crippen molar-refractivity contribution in [3.8, 4) is 0 Å². The Morgan fingerprint density at radius 2 is 1.88 bits per heavy atom. The monoisotopic (exact) mass is 247 g/mol. The predicted molar refractivity (Wildman–Crippen MR) is 76.5 cm³/mol. The van der Waals surface area contributed by atoms with E-state index in [2.05, 4.69) is 52.9 Å². The van der Waals surface area contributed by atoms with E-state index in [-0.39, 0.29) is 0 Å². The summed E-state index contributed by atoms with van der Waals surface area (Å²) >= 11 is 0. The Morgan fingerprint density at radius 1 is 1.19 bits per heavy atom. The summed E-state index contributed by atoms with van der Waals surface area (Å²) in [5.74, 6) is 0.738.